The Hall–Kier alpha value is -3.98. The molecule has 0 aliphatic rings. The Balaban J connectivity index is 1.65. The van der Waals surface area contributed by atoms with E-state index in [4.69, 9.17) is 20.5 Å². The number of rotatable bonds is 5. The van der Waals surface area contributed by atoms with Crippen LogP contribution >= 0.6 is 11.6 Å². The van der Waals surface area contributed by atoms with Gasteiger partial charge in [0.1, 0.15) is 0 Å². The lowest BCUT2D eigenvalue weighted by Gasteiger charge is -2.09. The minimum Gasteiger partial charge on any atom is -0.461 e. The second-order valence-corrected chi connectivity index (χ2v) is 6.23. The molecule has 2 aromatic heterocycles. The Kier molecular flexibility index (Phi) is 4.80. The summed E-state index contributed by atoms with van der Waals surface area (Å²) in [4.78, 5) is 27.3. The summed E-state index contributed by atoms with van der Waals surface area (Å²) >= 11 is 6.04. The van der Waals surface area contributed by atoms with Crippen LogP contribution in [0.4, 0.5) is 11.4 Å². The fraction of sp³-hybridized carbons (Fsp3) is 0. The molecule has 0 fully saturated rings. The number of aromatic nitrogens is 2. The van der Waals surface area contributed by atoms with Crippen LogP contribution in [0.5, 0.6) is 0 Å². The van der Waals surface area contributed by atoms with Crippen LogP contribution < -0.4 is 5.32 Å². The van der Waals surface area contributed by atoms with Gasteiger partial charge in [-0.3, -0.25) is 14.9 Å². The Bertz CT molecular complexity index is 1200. The molecule has 0 atom stereocenters. The SMILES string of the molecule is O=C(Nc1ccccc1-c1nc(-c2ccco2)no1)c1cc([N+](=O)[O-])ccc1Cl. The van der Waals surface area contributed by atoms with Crippen molar-refractivity contribution in [1.82, 2.24) is 10.1 Å². The highest BCUT2D eigenvalue weighted by molar-refractivity contribution is 6.34. The molecule has 4 rings (SSSR count). The van der Waals surface area contributed by atoms with Gasteiger partial charge in [0, 0.05) is 12.1 Å². The first-order valence-electron chi connectivity index (χ1n) is 8.25. The van der Waals surface area contributed by atoms with Gasteiger partial charge >= 0.3 is 0 Å². The molecule has 9 nitrogen and oxygen atoms in total. The number of hydrogen-bond donors (Lipinski definition) is 1. The van der Waals surface area contributed by atoms with E-state index in [1.165, 1.54) is 18.4 Å². The third-order valence-corrected chi connectivity index (χ3v) is 4.31. The summed E-state index contributed by atoms with van der Waals surface area (Å²) in [5.74, 6) is 0.243. The smallest absolute Gasteiger partial charge is 0.270 e. The number of halogens is 1. The maximum atomic E-state index is 12.7. The van der Waals surface area contributed by atoms with Crippen LogP contribution in [0.1, 0.15) is 10.4 Å². The van der Waals surface area contributed by atoms with Crippen LogP contribution in [-0.4, -0.2) is 21.0 Å². The maximum absolute atomic E-state index is 12.7. The predicted octanol–water partition coefficient (Wildman–Crippen LogP) is 4.81. The normalized spacial score (nSPS) is 10.7. The van der Waals surface area contributed by atoms with Gasteiger partial charge in [-0.1, -0.05) is 28.9 Å². The molecular weight excluding hydrogens is 400 g/mol. The number of benzene rings is 2. The molecule has 4 aromatic rings. The number of nitrogens with zero attached hydrogens (tertiary/aromatic N) is 3. The summed E-state index contributed by atoms with van der Waals surface area (Å²) < 4.78 is 10.5. The van der Waals surface area contributed by atoms with E-state index >= 15 is 0 Å². The van der Waals surface area contributed by atoms with Crippen LogP contribution in [0.3, 0.4) is 0 Å². The highest BCUT2D eigenvalue weighted by Gasteiger charge is 2.19. The quantitative estimate of drug-likeness (QED) is 0.369. The van der Waals surface area contributed by atoms with Gasteiger partial charge < -0.3 is 14.3 Å². The van der Waals surface area contributed by atoms with Gasteiger partial charge in [0.05, 0.1) is 33.0 Å². The molecular formula is C19H11ClN4O5. The number of para-hydroxylation sites is 1. The van der Waals surface area contributed by atoms with Gasteiger partial charge in [-0.05, 0) is 30.3 Å². The molecule has 0 aliphatic heterocycles. The van der Waals surface area contributed by atoms with E-state index in [-0.39, 0.29) is 28.0 Å². The van der Waals surface area contributed by atoms with Gasteiger partial charge in [-0.2, -0.15) is 4.98 Å². The molecule has 0 radical (unpaired) electrons. The summed E-state index contributed by atoms with van der Waals surface area (Å²) in [6.07, 6.45) is 1.49. The number of anilines is 1. The molecule has 0 bridgehead atoms. The third-order valence-electron chi connectivity index (χ3n) is 3.98. The fourth-order valence-electron chi connectivity index (χ4n) is 2.61. The van der Waals surface area contributed by atoms with E-state index in [1.807, 2.05) is 0 Å². The number of carbonyl (C=O) groups is 1. The number of furan rings is 1. The number of amides is 1. The fourth-order valence-corrected chi connectivity index (χ4v) is 2.81. The van der Waals surface area contributed by atoms with Crippen molar-refractivity contribution in [3.63, 3.8) is 0 Å². The number of nitrogens with one attached hydrogen (secondary N) is 1. The molecule has 29 heavy (non-hydrogen) atoms. The lowest BCUT2D eigenvalue weighted by molar-refractivity contribution is -0.384. The van der Waals surface area contributed by atoms with E-state index in [0.29, 0.717) is 17.0 Å². The van der Waals surface area contributed by atoms with Crippen molar-refractivity contribution in [2.45, 2.75) is 0 Å². The maximum Gasteiger partial charge on any atom is 0.270 e. The lowest BCUT2D eigenvalue weighted by atomic mass is 10.1. The first-order valence-corrected chi connectivity index (χ1v) is 8.63. The number of nitro groups is 1. The van der Waals surface area contributed by atoms with E-state index in [2.05, 4.69) is 15.5 Å². The molecule has 0 saturated carbocycles. The molecule has 0 spiro atoms. The van der Waals surface area contributed by atoms with E-state index in [0.717, 1.165) is 6.07 Å². The van der Waals surface area contributed by atoms with Crippen LogP contribution in [0, 0.1) is 10.1 Å². The third kappa shape index (κ3) is 3.71. The molecule has 0 saturated heterocycles. The van der Waals surface area contributed by atoms with Crippen LogP contribution in [0.25, 0.3) is 23.0 Å². The van der Waals surface area contributed by atoms with Crippen molar-refractivity contribution in [3.8, 4) is 23.0 Å². The van der Waals surface area contributed by atoms with E-state index < -0.39 is 10.8 Å². The molecule has 2 heterocycles. The Labute approximate surface area is 168 Å². The monoisotopic (exact) mass is 410 g/mol. The van der Waals surface area contributed by atoms with Crippen molar-refractivity contribution in [2.75, 3.05) is 5.32 Å². The number of non-ortho nitro benzene ring substituents is 1. The van der Waals surface area contributed by atoms with Crippen LogP contribution in [0.2, 0.25) is 5.02 Å². The molecule has 144 valence electrons. The molecule has 1 amide bonds. The second kappa shape index (κ2) is 7.56. The van der Waals surface area contributed by atoms with Gasteiger partial charge in [0.25, 0.3) is 17.5 Å². The van der Waals surface area contributed by atoms with E-state index in [9.17, 15) is 14.9 Å². The first-order chi connectivity index (χ1) is 14.0. The second-order valence-electron chi connectivity index (χ2n) is 5.82. The Morgan fingerprint density at radius 3 is 2.72 bits per heavy atom. The summed E-state index contributed by atoms with van der Waals surface area (Å²) in [5.41, 5.74) is 0.563. The van der Waals surface area contributed by atoms with Crippen molar-refractivity contribution in [2.24, 2.45) is 0 Å². The first kappa shape index (κ1) is 18.4. The van der Waals surface area contributed by atoms with Gasteiger partial charge in [-0.15, -0.1) is 0 Å². The summed E-state index contributed by atoms with van der Waals surface area (Å²) in [6, 6.07) is 13.8. The zero-order valence-corrected chi connectivity index (χ0v) is 15.3. The minimum atomic E-state index is -0.614. The number of hydrogen-bond acceptors (Lipinski definition) is 7. The summed E-state index contributed by atoms with van der Waals surface area (Å²) in [6.45, 7) is 0. The Morgan fingerprint density at radius 2 is 1.97 bits per heavy atom. The van der Waals surface area contributed by atoms with Crippen molar-refractivity contribution >= 4 is 28.9 Å². The average Bonchev–Trinajstić information content (AvgIpc) is 3.40. The average molecular weight is 411 g/mol. The zero-order valence-electron chi connectivity index (χ0n) is 14.5. The molecule has 0 aliphatic carbocycles. The van der Waals surface area contributed by atoms with Gasteiger partial charge in [0.2, 0.25) is 5.82 Å². The molecule has 0 unspecified atom stereocenters. The van der Waals surface area contributed by atoms with E-state index in [1.54, 1.807) is 36.4 Å². The zero-order chi connectivity index (χ0) is 20.4. The lowest BCUT2D eigenvalue weighted by Crippen LogP contribution is -2.13. The standard InChI is InChI=1S/C19H11ClN4O5/c20-14-8-7-11(24(26)27)10-13(14)18(25)21-15-5-2-1-4-12(15)19-22-17(23-29-19)16-6-3-9-28-16/h1-10H,(H,21,25). The van der Waals surface area contributed by atoms with Gasteiger partial charge in [-0.25, -0.2) is 0 Å². The summed E-state index contributed by atoms with van der Waals surface area (Å²) in [5, 5.41) is 17.6. The molecule has 1 N–H and O–H groups in total. The number of carbonyl (C=O) groups excluding carboxylic acids is 1. The van der Waals surface area contributed by atoms with Gasteiger partial charge in [0.15, 0.2) is 5.76 Å². The molecule has 2 aromatic carbocycles. The number of nitro benzene ring substituents is 1. The minimum absolute atomic E-state index is 0.0301. The highest BCUT2D eigenvalue weighted by Crippen LogP contribution is 2.30. The molecule has 10 heteroatoms. The largest absolute Gasteiger partial charge is 0.461 e. The Morgan fingerprint density at radius 1 is 1.14 bits per heavy atom. The van der Waals surface area contributed by atoms with Crippen LogP contribution in [-0.2, 0) is 0 Å². The topological polar surface area (TPSA) is 124 Å². The van der Waals surface area contributed by atoms with Crippen molar-refractivity contribution in [1.29, 1.82) is 0 Å². The van der Waals surface area contributed by atoms with Crippen molar-refractivity contribution < 1.29 is 18.7 Å². The summed E-state index contributed by atoms with van der Waals surface area (Å²) in [7, 11) is 0. The predicted molar refractivity (Wildman–Crippen MR) is 103 cm³/mol. The highest BCUT2D eigenvalue weighted by atomic mass is 35.5. The van der Waals surface area contributed by atoms with Crippen molar-refractivity contribution in [3.05, 3.63) is 81.6 Å². The van der Waals surface area contributed by atoms with Crippen LogP contribution in [0.15, 0.2) is 69.8 Å².